The summed E-state index contributed by atoms with van der Waals surface area (Å²) in [5, 5.41) is 25.1. The summed E-state index contributed by atoms with van der Waals surface area (Å²) in [4.78, 5) is 74.9. The van der Waals surface area contributed by atoms with Gasteiger partial charge in [0.05, 0.1) is 10.4 Å². The van der Waals surface area contributed by atoms with Crippen molar-refractivity contribution < 1.29 is 29.4 Å². The molecule has 4 heterocycles. The Bertz CT molecular complexity index is 1750. The molecule has 1 aliphatic carbocycles. The average molecular weight is 716 g/mol. The Balaban J connectivity index is 1.24. The van der Waals surface area contributed by atoms with Gasteiger partial charge in [-0.05, 0) is 48.1 Å². The SMILES string of the molecule is CN1NC=C(SCC2=C(C(=O)O)N3C(=O)C(NC(=O)C(c4ccc(O)cc4)N(C(N)=O)c4cnc(NC5CCCC5)[nH]c4=O)[C@@H]3SC2)S1. The standard InChI is InChI=1S/C29H33N9O7S3/c1-36-32-11-19(48-36)46-12-15-13-47-26-20(25(42)38(26)22(15)27(43)44)34-24(41)21(14-6-8-17(39)9-7-14)37(28(30)45)18-10-31-29(35-23(18)40)33-16-4-2-3-5-16/h6-11,16,20-21,26,32,39H,2-5,12-13H2,1H3,(H2,30,45)(H,34,41)(H,43,44)(H2,31,33,35,40)/t20?,21?,26-/m0/s1. The minimum absolute atomic E-state index is 0.109. The molecule has 3 atom stereocenters. The molecule has 254 valence electrons. The van der Waals surface area contributed by atoms with Crippen molar-refractivity contribution in [1.29, 1.82) is 0 Å². The number of aromatic amines is 1. The van der Waals surface area contributed by atoms with E-state index in [1.165, 1.54) is 64.6 Å². The second kappa shape index (κ2) is 14.0. The number of anilines is 2. The van der Waals surface area contributed by atoms with Gasteiger partial charge in [-0.25, -0.2) is 14.6 Å². The topological polar surface area (TPSA) is 226 Å². The van der Waals surface area contributed by atoms with Crippen LogP contribution in [0.3, 0.4) is 0 Å². The number of hydrogen-bond donors (Lipinski definition) is 7. The van der Waals surface area contributed by atoms with Crippen LogP contribution in [0.5, 0.6) is 5.75 Å². The summed E-state index contributed by atoms with van der Waals surface area (Å²) in [6, 6.07) is 1.70. The van der Waals surface area contributed by atoms with Gasteiger partial charge in [0, 0.05) is 30.8 Å². The van der Waals surface area contributed by atoms with Crippen molar-refractivity contribution in [1.82, 2.24) is 30.0 Å². The van der Waals surface area contributed by atoms with Crippen molar-refractivity contribution in [2.45, 2.75) is 49.2 Å². The number of rotatable bonds is 11. The van der Waals surface area contributed by atoms with Crippen LogP contribution in [-0.4, -0.2) is 89.3 Å². The highest BCUT2D eigenvalue weighted by atomic mass is 32.2. The molecule has 2 aromatic rings. The number of primary amides is 1. The molecule has 3 aliphatic heterocycles. The molecule has 1 aromatic carbocycles. The summed E-state index contributed by atoms with van der Waals surface area (Å²) in [6.45, 7) is 0. The van der Waals surface area contributed by atoms with Crippen molar-refractivity contribution in [3.05, 3.63) is 68.1 Å². The summed E-state index contributed by atoms with van der Waals surface area (Å²) in [5.74, 6) is -1.97. The first kappa shape index (κ1) is 33.6. The van der Waals surface area contributed by atoms with Crippen molar-refractivity contribution in [3.8, 4) is 5.75 Å². The lowest BCUT2D eigenvalue weighted by atomic mass is 10.00. The summed E-state index contributed by atoms with van der Waals surface area (Å²) in [7, 11) is 1.85. The number of H-pyrrole nitrogens is 1. The molecule has 6 rings (SSSR count). The zero-order valence-electron chi connectivity index (χ0n) is 25.5. The van der Waals surface area contributed by atoms with Crippen LogP contribution in [0.1, 0.15) is 37.3 Å². The Labute approximate surface area is 287 Å². The highest BCUT2D eigenvalue weighted by Crippen LogP contribution is 2.43. The zero-order valence-corrected chi connectivity index (χ0v) is 28.0. The number of carboxylic acid groups (broad SMARTS) is 1. The average Bonchev–Trinajstić information content (AvgIpc) is 3.73. The number of hydrogen-bond acceptors (Lipinski definition) is 13. The first-order chi connectivity index (χ1) is 23.0. The van der Waals surface area contributed by atoms with Crippen LogP contribution in [0, 0.1) is 0 Å². The number of β-lactam (4-membered cyclic amide) rings is 1. The van der Waals surface area contributed by atoms with Gasteiger partial charge in [0.2, 0.25) is 11.9 Å². The lowest BCUT2D eigenvalue weighted by Crippen LogP contribution is -2.71. The lowest BCUT2D eigenvalue weighted by Gasteiger charge is -2.49. The van der Waals surface area contributed by atoms with Crippen LogP contribution in [0.15, 0.2) is 57.0 Å². The normalized spacial score (nSPS) is 21.6. The van der Waals surface area contributed by atoms with E-state index >= 15 is 0 Å². The fourth-order valence-corrected chi connectivity index (χ4v) is 9.31. The maximum atomic E-state index is 14.0. The zero-order chi connectivity index (χ0) is 34.1. The third kappa shape index (κ3) is 6.80. The number of carbonyl (C=O) groups excluding carboxylic acids is 3. The summed E-state index contributed by atoms with van der Waals surface area (Å²) in [6.07, 6.45) is 6.92. The number of aromatic hydroxyl groups is 1. The number of nitrogens with two attached hydrogens (primary N) is 1. The van der Waals surface area contributed by atoms with Gasteiger partial charge >= 0.3 is 12.0 Å². The van der Waals surface area contributed by atoms with Gasteiger partial charge in [-0.15, -0.1) is 23.5 Å². The Morgan fingerprint density at radius 3 is 2.56 bits per heavy atom. The Hall–Kier alpha value is -4.33. The molecule has 0 bridgehead atoms. The van der Waals surface area contributed by atoms with E-state index in [0.29, 0.717) is 17.1 Å². The van der Waals surface area contributed by atoms with E-state index in [2.05, 4.69) is 26.0 Å². The van der Waals surface area contributed by atoms with Crippen LogP contribution in [0.25, 0.3) is 0 Å². The third-order valence-electron chi connectivity index (χ3n) is 8.22. The molecule has 2 unspecified atom stereocenters. The number of phenolic OH excluding ortho intramolecular Hbond substituents is 1. The predicted molar refractivity (Wildman–Crippen MR) is 182 cm³/mol. The monoisotopic (exact) mass is 715 g/mol. The molecular weight excluding hydrogens is 683 g/mol. The van der Waals surface area contributed by atoms with Crippen LogP contribution in [0.2, 0.25) is 0 Å². The van der Waals surface area contributed by atoms with Crippen LogP contribution < -0.4 is 32.3 Å². The fraction of sp³-hybridized carbons (Fsp3) is 0.379. The number of nitrogens with one attached hydrogen (secondary N) is 4. The maximum Gasteiger partial charge on any atom is 0.352 e. The molecule has 16 nitrogen and oxygen atoms in total. The minimum Gasteiger partial charge on any atom is -0.508 e. The molecular formula is C29H33N9O7S3. The molecule has 2 fully saturated rings. The maximum absolute atomic E-state index is 14.0. The fourth-order valence-electron chi connectivity index (χ4n) is 5.94. The van der Waals surface area contributed by atoms with Crippen LogP contribution >= 0.6 is 35.5 Å². The number of hydrazine groups is 1. The van der Waals surface area contributed by atoms with Crippen molar-refractivity contribution in [2.24, 2.45) is 5.73 Å². The quantitative estimate of drug-likeness (QED) is 0.130. The number of aliphatic carboxylic acids is 1. The van der Waals surface area contributed by atoms with E-state index in [-0.39, 0.29) is 34.7 Å². The number of phenols is 1. The van der Waals surface area contributed by atoms with Gasteiger partial charge in [-0.2, -0.15) is 4.41 Å². The van der Waals surface area contributed by atoms with Crippen molar-refractivity contribution in [2.75, 3.05) is 28.8 Å². The molecule has 48 heavy (non-hydrogen) atoms. The number of nitrogens with zero attached hydrogens (tertiary/aromatic N) is 4. The van der Waals surface area contributed by atoms with E-state index in [1.807, 2.05) is 7.05 Å². The highest BCUT2D eigenvalue weighted by Gasteiger charge is 2.55. The summed E-state index contributed by atoms with van der Waals surface area (Å²) in [5.41, 5.74) is 8.38. The highest BCUT2D eigenvalue weighted by molar-refractivity contribution is 8.21. The van der Waals surface area contributed by atoms with Gasteiger partial charge in [0.15, 0.2) is 0 Å². The summed E-state index contributed by atoms with van der Waals surface area (Å²) < 4.78 is 2.74. The third-order valence-corrected chi connectivity index (χ3v) is 11.7. The van der Waals surface area contributed by atoms with Gasteiger partial charge in [0.25, 0.3) is 11.5 Å². The molecule has 4 aliphatic rings. The molecule has 0 spiro atoms. The molecule has 1 aromatic heterocycles. The molecule has 1 saturated heterocycles. The predicted octanol–water partition coefficient (Wildman–Crippen LogP) is 1.83. The number of fused-ring (bicyclic) bond motifs is 1. The van der Waals surface area contributed by atoms with E-state index in [4.69, 9.17) is 5.73 Å². The second-order valence-corrected chi connectivity index (χ2v) is 14.9. The number of carboxylic acids is 1. The number of urea groups is 1. The van der Waals surface area contributed by atoms with Gasteiger partial charge in [0.1, 0.15) is 34.6 Å². The lowest BCUT2D eigenvalue weighted by molar-refractivity contribution is -0.150. The van der Waals surface area contributed by atoms with Gasteiger partial charge < -0.3 is 32.0 Å². The summed E-state index contributed by atoms with van der Waals surface area (Å²) >= 11 is 4.22. The Morgan fingerprint density at radius 2 is 1.94 bits per heavy atom. The first-order valence-electron chi connectivity index (χ1n) is 15.0. The van der Waals surface area contributed by atoms with Crippen molar-refractivity contribution >= 4 is 70.9 Å². The second-order valence-electron chi connectivity index (χ2n) is 11.4. The number of amides is 4. The Morgan fingerprint density at radius 1 is 1.21 bits per heavy atom. The van der Waals surface area contributed by atoms with Crippen LogP contribution in [0.4, 0.5) is 16.4 Å². The number of carbonyl (C=O) groups is 4. The molecule has 19 heteroatoms. The van der Waals surface area contributed by atoms with Crippen LogP contribution in [-0.2, 0) is 14.4 Å². The number of thioether (sulfide) groups is 2. The first-order valence-corrected chi connectivity index (χ1v) is 17.8. The van der Waals surface area contributed by atoms with E-state index in [0.717, 1.165) is 41.0 Å². The molecule has 1 saturated carbocycles. The molecule has 4 amide bonds. The van der Waals surface area contributed by atoms with Crippen molar-refractivity contribution in [3.63, 3.8) is 0 Å². The number of aromatic nitrogens is 2. The smallest absolute Gasteiger partial charge is 0.352 e. The van der Waals surface area contributed by atoms with Gasteiger partial charge in [-0.1, -0.05) is 25.0 Å². The minimum atomic E-state index is -1.56. The number of benzene rings is 1. The van der Waals surface area contributed by atoms with Gasteiger partial charge in [-0.3, -0.25) is 29.2 Å². The molecule has 8 N–H and O–H groups in total. The van der Waals surface area contributed by atoms with E-state index in [1.54, 1.807) is 10.6 Å². The largest absolute Gasteiger partial charge is 0.508 e. The Kier molecular flexibility index (Phi) is 9.81. The molecule has 0 radical (unpaired) electrons. The van der Waals surface area contributed by atoms with E-state index in [9.17, 15) is 34.2 Å². The van der Waals surface area contributed by atoms with E-state index < -0.39 is 46.8 Å².